The molecule has 0 saturated carbocycles. The van der Waals surface area contributed by atoms with Gasteiger partial charge in [-0.2, -0.15) is 5.10 Å². The standard InChI is InChI=1S/C18H20N4O5/c1-26-17(24)13-5-9-21(10-6-13)16(23)12-27-18(25)14-3-4-15(19-11-14)22-8-2-7-20-22/h2-4,7-8,11,13H,5-6,9-10,12H2,1H3. The maximum absolute atomic E-state index is 12.2. The number of likely N-dealkylation sites (tertiary alicyclic amines) is 1. The summed E-state index contributed by atoms with van der Waals surface area (Å²) in [4.78, 5) is 41.5. The van der Waals surface area contributed by atoms with Crippen molar-refractivity contribution in [2.75, 3.05) is 26.8 Å². The lowest BCUT2D eigenvalue weighted by molar-refractivity contribution is -0.149. The Labute approximate surface area is 155 Å². The number of hydrogen-bond donors (Lipinski definition) is 0. The lowest BCUT2D eigenvalue weighted by atomic mass is 9.97. The molecule has 2 aromatic rings. The maximum Gasteiger partial charge on any atom is 0.340 e. The van der Waals surface area contributed by atoms with E-state index in [2.05, 4.69) is 10.1 Å². The number of rotatable bonds is 5. The fraction of sp³-hybridized carbons (Fsp3) is 0.389. The summed E-state index contributed by atoms with van der Waals surface area (Å²) in [5.41, 5.74) is 0.253. The van der Waals surface area contributed by atoms with Crippen LogP contribution < -0.4 is 0 Å². The average molecular weight is 372 g/mol. The third-order valence-electron chi connectivity index (χ3n) is 4.43. The van der Waals surface area contributed by atoms with Gasteiger partial charge < -0.3 is 14.4 Å². The van der Waals surface area contributed by atoms with Gasteiger partial charge in [-0.3, -0.25) is 9.59 Å². The van der Waals surface area contributed by atoms with Crippen LogP contribution in [0.5, 0.6) is 0 Å². The first kappa shape index (κ1) is 18.6. The Balaban J connectivity index is 1.47. The predicted octanol–water partition coefficient (Wildman–Crippen LogP) is 0.836. The molecule has 0 N–H and O–H groups in total. The van der Waals surface area contributed by atoms with Crippen molar-refractivity contribution in [2.45, 2.75) is 12.8 Å². The van der Waals surface area contributed by atoms with E-state index in [1.54, 1.807) is 40.2 Å². The summed E-state index contributed by atoms with van der Waals surface area (Å²) in [5.74, 6) is -0.762. The van der Waals surface area contributed by atoms with Crippen molar-refractivity contribution in [2.24, 2.45) is 5.92 Å². The molecule has 1 amide bonds. The normalized spacial score (nSPS) is 14.6. The van der Waals surface area contributed by atoms with Crippen LogP contribution in [0, 0.1) is 5.92 Å². The molecular formula is C18H20N4O5. The van der Waals surface area contributed by atoms with Crippen molar-refractivity contribution in [1.82, 2.24) is 19.7 Å². The molecule has 142 valence electrons. The van der Waals surface area contributed by atoms with Crippen LogP contribution in [0.4, 0.5) is 0 Å². The quantitative estimate of drug-likeness (QED) is 0.716. The molecule has 0 bridgehead atoms. The zero-order valence-corrected chi connectivity index (χ0v) is 14.9. The van der Waals surface area contributed by atoms with Crippen LogP contribution in [0.2, 0.25) is 0 Å². The fourth-order valence-corrected chi connectivity index (χ4v) is 2.88. The number of carbonyl (C=O) groups is 3. The molecule has 0 radical (unpaired) electrons. The number of piperidine rings is 1. The van der Waals surface area contributed by atoms with Crippen LogP contribution in [0.15, 0.2) is 36.8 Å². The zero-order valence-electron chi connectivity index (χ0n) is 14.9. The Kier molecular flexibility index (Phi) is 5.80. The van der Waals surface area contributed by atoms with Gasteiger partial charge in [0.25, 0.3) is 5.91 Å². The van der Waals surface area contributed by atoms with Crippen molar-refractivity contribution in [1.29, 1.82) is 0 Å². The van der Waals surface area contributed by atoms with E-state index in [-0.39, 0.29) is 30.0 Å². The van der Waals surface area contributed by atoms with E-state index in [4.69, 9.17) is 9.47 Å². The van der Waals surface area contributed by atoms with E-state index in [9.17, 15) is 14.4 Å². The molecule has 3 rings (SSSR count). The van der Waals surface area contributed by atoms with Gasteiger partial charge in [-0.25, -0.2) is 14.5 Å². The number of amides is 1. The van der Waals surface area contributed by atoms with Gasteiger partial charge in [0.15, 0.2) is 12.4 Å². The number of methoxy groups -OCH3 is 1. The highest BCUT2D eigenvalue weighted by atomic mass is 16.5. The molecule has 0 spiro atoms. The molecule has 1 saturated heterocycles. The first-order valence-electron chi connectivity index (χ1n) is 8.57. The van der Waals surface area contributed by atoms with Crippen molar-refractivity contribution >= 4 is 17.8 Å². The minimum Gasteiger partial charge on any atom is -0.469 e. The number of hydrogen-bond acceptors (Lipinski definition) is 7. The predicted molar refractivity (Wildman–Crippen MR) is 93.0 cm³/mol. The highest BCUT2D eigenvalue weighted by Crippen LogP contribution is 2.18. The van der Waals surface area contributed by atoms with Crippen LogP contribution in [-0.2, 0) is 19.1 Å². The summed E-state index contributed by atoms with van der Waals surface area (Å²) in [6.45, 7) is 0.537. The number of pyridine rings is 1. The second-order valence-corrected chi connectivity index (χ2v) is 6.11. The van der Waals surface area contributed by atoms with Crippen molar-refractivity contribution in [3.63, 3.8) is 0 Å². The molecule has 0 aromatic carbocycles. The Hall–Kier alpha value is -3.23. The summed E-state index contributed by atoms with van der Waals surface area (Å²) in [7, 11) is 1.36. The molecule has 2 aromatic heterocycles. The van der Waals surface area contributed by atoms with Gasteiger partial charge in [-0.1, -0.05) is 0 Å². The van der Waals surface area contributed by atoms with E-state index in [1.165, 1.54) is 13.3 Å². The maximum atomic E-state index is 12.2. The molecule has 0 unspecified atom stereocenters. The lowest BCUT2D eigenvalue weighted by Gasteiger charge is -2.30. The second-order valence-electron chi connectivity index (χ2n) is 6.11. The van der Waals surface area contributed by atoms with Crippen LogP contribution in [0.3, 0.4) is 0 Å². The van der Waals surface area contributed by atoms with E-state index in [0.717, 1.165) is 0 Å². The van der Waals surface area contributed by atoms with Crippen LogP contribution in [0.1, 0.15) is 23.2 Å². The highest BCUT2D eigenvalue weighted by Gasteiger charge is 2.28. The average Bonchev–Trinajstić information content (AvgIpc) is 3.26. The molecule has 0 atom stereocenters. The lowest BCUT2D eigenvalue weighted by Crippen LogP contribution is -2.42. The monoisotopic (exact) mass is 372 g/mol. The first-order chi connectivity index (χ1) is 13.1. The van der Waals surface area contributed by atoms with Crippen LogP contribution >= 0.6 is 0 Å². The zero-order chi connectivity index (χ0) is 19.2. The number of aromatic nitrogens is 3. The Morgan fingerprint density at radius 1 is 1.22 bits per heavy atom. The molecule has 3 heterocycles. The van der Waals surface area contributed by atoms with E-state index < -0.39 is 5.97 Å². The molecule has 1 fully saturated rings. The van der Waals surface area contributed by atoms with Gasteiger partial charge in [0.05, 0.1) is 18.6 Å². The second kappa shape index (κ2) is 8.43. The molecule has 0 aliphatic carbocycles. The van der Waals surface area contributed by atoms with Gasteiger partial charge >= 0.3 is 11.9 Å². The third-order valence-corrected chi connectivity index (χ3v) is 4.43. The van der Waals surface area contributed by atoms with E-state index in [0.29, 0.717) is 31.7 Å². The molecule has 9 heteroatoms. The molecule has 27 heavy (non-hydrogen) atoms. The van der Waals surface area contributed by atoms with Crippen molar-refractivity contribution < 1.29 is 23.9 Å². The van der Waals surface area contributed by atoms with Gasteiger partial charge in [0, 0.05) is 31.7 Å². The highest BCUT2D eigenvalue weighted by molar-refractivity contribution is 5.91. The number of carbonyl (C=O) groups excluding carboxylic acids is 3. The Morgan fingerprint density at radius 2 is 2.00 bits per heavy atom. The number of esters is 2. The number of ether oxygens (including phenoxy) is 2. The summed E-state index contributed by atoms with van der Waals surface area (Å²) < 4.78 is 11.4. The van der Waals surface area contributed by atoms with E-state index in [1.807, 2.05) is 0 Å². The smallest absolute Gasteiger partial charge is 0.340 e. The SMILES string of the molecule is COC(=O)C1CCN(C(=O)COC(=O)c2ccc(-n3cccn3)nc2)CC1. The minimum atomic E-state index is -0.618. The minimum absolute atomic E-state index is 0.180. The largest absolute Gasteiger partial charge is 0.469 e. The first-order valence-corrected chi connectivity index (χ1v) is 8.57. The molecule has 1 aliphatic heterocycles. The topological polar surface area (TPSA) is 104 Å². The molecule has 1 aliphatic rings. The summed E-state index contributed by atoms with van der Waals surface area (Å²) >= 11 is 0. The van der Waals surface area contributed by atoms with E-state index >= 15 is 0 Å². The van der Waals surface area contributed by atoms with Gasteiger partial charge in [-0.15, -0.1) is 0 Å². The summed E-state index contributed by atoms with van der Waals surface area (Å²) in [6.07, 6.45) is 5.84. The van der Waals surface area contributed by atoms with Crippen LogP contribution in [-0.4, -0.2) is 64.3 Å². The van der Waals surface area contributed by atoms with Gasteiger partial charge in [-0.05, 0) is 31.0 Å². The fourth-order valence-electron chi connectivity index (χ4n) is 2.88. The Bertz CT molecular complexity index is 796. The summed E-state index contributed by atoms with van der Waals surface area (Å²) in [6, 6.07) is 4.98. The summed E-state index contributed by atoms with van der Waals surface area (Å²) in [5, 5.41) is 4.05. The van der Waals surface area contributed by atoms with Gasteiger partial charge in [0.2, 0.25) is 0 Å². The third kappa shape index (κ3) is 4.49. The van der Waals surface area contributed by atoms with Crippen molar-refractivity contribution in [3.8, 4) is 5.82 Å². The van der Waals surface area contributed by atoms with Crippen LogP contribution in [0.25, 0.3) is 5.82 Å². The van der Waals surface area contributed by atoms with Gasteiger partial charge in [0.1, 0.15) is 0 Å². The molecular weight excluding hydrogens is 352 g/mol. The Morgan fingerprint density at radius 3 is 2.59 bits per heavy atom. The van der Waals surface area contributed by atoms with Crippen molar-refractivity contribution in [3.05, 3.63) is 42.4 Å². The molecule has 9 nitrogen and oxygen atoms in total. The number of nitrogens with zero attached hydrogens (tertiary/aromatic N) is 4.